The van der Waals surface area contributed by atoms with Crippen molar-refractivity contribution in [3.63, 3.8) is 0 Å². The lowest BCUT2D eigenvalue weighted by Crippen LogP contribution is -2.39. The molecule has 0 amide bonds. The Morgan fingerprint density at radius 2 is 2.14 bits per heavy atom. The number of nitrogens with zero attached hydrogens (tertiary/aromatic N) is 1. The summed E-state index contributed by atoms with van der Waals surface area (Å²) in [5, 5.41) is 9.18. The SMILES string of the molecule is CN1CC(C(=O)O)C2(CCOCC2)C1. The van der Waals surface area contributed by atoms with Crippen LogP contribution >= 0.6 is 0 Å². The lowest BCUT2D eigenvalue weighted by atomic mass is 9.72. The summed E-state index contributed by atoms with van der Waals surface area (Å²) in [7, 11) is 2.00. The Hall–Kier alpha value is -0.610. The number of hydrogen-bond donors (Lipinski definition) is 1. The molecule has 2 heterocycles. The number of hydrogen-bond acceptors (Lipinski definition) is 3. The number of carbonyl (C=O) groups is 1. The largest absolute Gasteiger partial charge is 0.481 e. The molecule has 2 aliphatic heterocycles. The van der Waals surface area contributed by atoms with Crippen LogP contribution in [0.2, 0.25) is 0 Å². The molecule has 1 unspecified atom stereocenters. The highest BCUT2D eigenvalue weighted by molar-refractivity contribution is 5.72. The third-order valence-electron chi connectivity index (χ3n) is 3.60. The van der Waals surface area contributed by atoms with Gasteiger partial charge in [-0.15, -0.1) is 0 Å². The molecule has 4 heteroatoms. The first kappa shape index (κ1) is 9.93. The van der Waals surface area contributed by atoms with Crippen molar-refractivity contribution >= 4 is 5.97 Å². The molecule has 0 aromatic rings. The zero-order chi connectivity index (χ0) is 10.2. The summed E-state index contributed by atoms with van der Waals surface area (Å²) in [6, 6.07) is 0. The van der Waals surface area contributed by atoms with Crippen LogP contribution in [0.4, 0.5) is 0 Å². The van der Waals surface area contributed by atoms with E-state index in [1.54, 1.807) is 0 Å². The van der Waals surface area contributed by atoms with E-state index in [4.69, 9.17) is 4.74 Å². The van der Waals surface area contributed by atoms with Crippen molar-refractivity contribution < 1.29 is 14.6 Å². The van der Waals surface area contributed by atoms with Gasteiger partial charge in [0.1, 0.15) is 0 Å². The first-order valence-electron chi connectivity index (χ1n) is 5.13. The molecular weight excluding hydrogens is 182 g/mol. The highest BCUT2D eigenvalue weighted by atomic mass is 16.5. The van der Waals surface area contributed by atoms with Crippen LogP contribution in [0.25, 0.3) is 0 Å². The summed E-state index contributed by atoms with van der Waals surface area (Å²) in [5.74, 6) is -0.840. The molecule has 80 valence electrons. The molecule has 1 atom stereocenters. The van der Waals surface area contributed by atoms with Gasteiger partial charge in [-0.25, -0.2) is 0 Å². The molecule has 1 N–H and O–H groups in total. The number of carboxylic acid groups (broad SMARTS) is 1. The van der Waals surface area contributed by atoms with E-state index in [0.29, 0.717) is 6.54 Å². The van der Waals surface area contributed by atoms with Gasteiger partial charge in [-0.05, 0) is 19.9 Å². The average Bonchev–Trinajstić information content (AvgIpc) is 2.44. The highest BCUT2D eigenvalue weighted by Gasteiger charge is 2.49. The Kier molecular flexibility index (Phi) is 2.49. The normalized spacial score (nSPS) is 32.2. The summed E-state index contributed by atoms with van der Waals surface area (Å²) in [6.45, 7) is 3.04. The lowest BCUT2D eigenvalue weighted by Gasteiger charge is -2.36. The topological polar surface area (TPSA) is 49.8 Å². The van der Waals surface area contributed by atoms with Gasteiger partial charge in [0.15, 0.2) is 0 Å². The monoisotopic (exact) mass is 199 g/mol. The van der Waals surface area contributed by atoms with E-state index in [0.717, 1.165) is 32.6 Å². The van der Waals surface area contributed by atoms with E-state index in [1.165, 1.54) is 0 Å². The minimum Gasteiger partial charge on any atom is -0.481 e. The molecule has 0 saturated carbocycles. The summed E-state index contributed by atoms with van der Waals surface area (Å²) in [5.41, 5.74) is -0.0150. The highest BCUT2D eigenvalue weighted by Crippen LogP contribution is 2.43. The van der Waals surface area contributed by atoms with E-state index in [-0.39, 0.29) is 11.3 Å². The van der Waals surface area contributed by atoms with E-state index < -0.39 is 5.97 Å². The standard InChI is InChI=1S/C10H17NO3/c1-11-6-8(9(12)13)10(7-11)2-4-14-5-3-10/h8H,2-7H2,1H3,(H,12,13). The first-order chi connectivity index (χ1) is 6.64. The van der Waals surface area contributed by atoms with E-state index in [1.807, 2.05) is 7.05 Å². The fraction of sp³-hybridized carbons (Fsp3) is 0.900. The molecule has 2 fully saturated rings. The number of carboxylic acids is 1. The van der Waals surface area contributed by atoms with Crippen molar-refractivity contribution in [1.82, 2.24) is 4.90 Å². The third kappa shape index (κ3) is 1.53. The first-order valence-corrected chi connectivity index (χ1v) is 5.13. The van der Waals surface area contributed by atoms with Crippen LogP contribution in [0.5, 0.6) is 0 Å². The zero-order valence-electron chi connectivity index (χ0n) is 8.53. The van der Waals surface area contributed by atoms with Crippen molar-refractivity contribution in [2.75, 3.05) is 33.4 Å². The second-order valence-electron chi connectivity index (χ2n) is 4.56. The Bertz CT molecular complexity index is 236. The van der Waals surface area contributed by atoms with Crippen molar-refractivity contribution in [1.29, 1.82) is 0 Å². The minimum absolute atomic E-state index is 0.0150. The minimum atomic E-state index is -0.642. The second kappa shape index (κ2) is 3.51. The Morgan fingerprint density at radius 3 is 2.71 bits per heavy atom. The predicted molar refractivity (Wildman–Crippen MR) is 51.1 cm³/mol. The fourth-order valence-electron chi connectivity index (χ4n) is 2.84. The predicted octanol–water partition coefficient (Wildman–Crippen LogP) is 0.429. The van der Waals surface area contributed by atoms with Gasteiger partial charge in [0.2, 0.25) is 0 Å². The molecule has 2 rings (SSSR count). The van der Waals surface area contributed by atoms with Crippen LogP contribution in [0.15, 0.2) is 0 Å². The van der Waals surface area contributed by atoms with Gasteiger partial charge in [-0.2, -0.15) is 0 Å². The smallest absolute Gasteiger partial charge is 0.308 e. The van der Waals surface area contributed by atoms with Gasteiger partial charge in [-0.1, -0.05) is 0 Å². The van der Waals surface area contributed by atoms with E-state index in [2.05, 4.69) is 4.90 Å². The van der Waals surface area contributed by atoms with Crippen molar-refractivity contribution in [2.45, 2.75) is 12.8 Å². The van der Waals surface area contributed by atoms with E-state index >= 15 is 0 Å². The maximum atomic E-state index is 11.2. The van der Waals surface area contributed by atoms with Crippen LogP contribution < -0.4 is 0 Å². The van der Waals surface area contributed by atoms with Crippen molar-refractivity contribution in [3.8, 4) is 0 Å². The van der Waals surface area contributed by atoms with Gasteiger partial charge < -0.3 is 14.7 Å². The van der Waals surface area contributed by atoms with Gasteiger partial charge in [0.25, 0.3) is 0 Å². The number of rotatable bonds is 1. The molecule has 1 spiro atoms. The lowest BCUT2D eigenvalue weighted by molar-refractivity contribution is -0.146. The Balaban J connectivity index is 2.17. The molecular formula is C10H17NO3. The molecule has 0 bridgehead atoms. The Labute approximate surface area is 83.8 Å². The van der Waals surface area contributed by atoms with Gasteiger partial charge in [0.05, 0.1) is 5.92 Å². The molecule has 0 aromatic carbocycles. The van der Waals surface area contributed by atoms with Crippen LogP contribution in [0.1, 0.15) is 12.8 Å². The van der Waals surface area contributed by atoms with Crippen LogP contribution in [-0.2, 0) is 9.53 Å². The van der Waals surface area contributed by atoms with Crippen LogP contribution in [-0.4, -0.2) is 49.3 Å². The molecule has 14 heavy (non-hydrogen) atoms. The van der Waals surface area contributed by atoms with Crippen molar-refractivity contribution in [2.24, 2.45) is 11.3 Å². The van der Waals surface area contributed by atoms with Gasteiger partial charge >= 0.3 is 5.97 Å². The van der Waals surface area contributed by atoms with Crippen molar-refractivity contribution in [3.05, 3.63) is 0 Å². The maximum absolute atomic E-state index is 11.2. The average molecular weight is 199 g/mol. The maximum Gasteiger partial charge on any atom is 0.308 e. The molecule has 0 aromatic heterocycles. The summed E-state index contributed by atoms with van der Waals surface area (Å²) in [4.78, 5) is 13.3. The number of aliphatic carboxylic acids is 1. The summed E-state index contributed by atoms with van der Waals surface area (Å²) in [6.07, 6.45) is 1.79. The molecule has 4 nitrogen and oxygen atoms in total. The third-order valence-corrected chi connectivity index (χ3v) is 3.60. The van der Waals surface area contributed by atoms with Crippen LogP contribution in [0, 0.1) is 11.3 Å². The number of ether oxygens (including phenoxy) is 1. The van der Waals surface area contributed by atoms with E-state index in [9.17, 15) is 9.90 Å². The number of likely N-dealkylation sites (tertiary alicyclic amines) is 1. The quantitative estimate of drug-likeness (QED) is 0.665. The fourth-order valence-corrected chi connectivity index (χ4v) is 2.84. The summed E-state index contributed by atoms with van der Waals surface area (Å²) >= 11 is 0. The van der Waals surface area contributed by atoms with Crippen LogP contribution in [0.3, 0.4) is 0 Å². The van der Waals surface area contributed by atoms with Gasteiger partial charge in [0, 0.05) is 31.7 Å². The van der Waals surface area contributed by atoms with Gasteiger partial charge in [-0.3, -0.25) is 4.79 Å². The summed E-state index contributed by atoms with van der Waals surface area (Å²) < 4.78 is 5.31. The Morgan fingerprint density at radius 1 is 1.50 bits per heavy atom. The molecule has 2 aliphatic rings. The second-order valence-corrected chi connectivity index (χ2v) is 4.56. The molecule has 0 aliphatic carbocycles. The zero-order valence-corrected chi connectivity index (χ0v) is 8.53. The molecule has 0 radical (unpaired) electrons. The molecule has 2 saturated heterocycles.